The van der Waals surface area contributed by atoms with Crippen LogP contribution in [0.1, 0.15) is 24.8 Å². The van der Waals surface area contributed by atoms with Gasteiger partial charge in [0.25, 0.3) is 0 Å². The molecule has 0 saturated heterocycles. The third kappa shape index (κ3) is 3.43. The minimum Gasteiger partial charge on any atom is -0.207 e. The van der Waals surface area contributed by atoms with Crippen LogP contribution in [0.2, 0.25) is 0 Å². The molecular weight excluding hydrogens is 371 g/mol. The first kappa shape index (κ1) is 16.8. The van der Waals surface area contributed by atoms with E-state index in [1.54, 1.807) is 0 Å². The zero-order chi connectivity index (χ0) is 15.7. The lowest BCUT2D eigenvalue weighted by Crippen LogP contribution is -2.45. The largest absolute Gasteiger partial charge is 0.417 e. The van der Waals surface area contributed by atoms with Crippen LogP contribution in [0.15, 0.2) is 29.2 Å². The number of hydrogen-bond donors (Lipinski definition) is 0. The second kappa shape index (κ2) is 6.26. The number of halogens is 4. The van der Waals surface area contributed by atoms with Crippen LogP contribution in [0.25, 0.3) is 0 Å². The molecule has 8 heteroatoms. The van der Waals surface area contributed by atoms with Crippen molar-refractivity contribution in [3.63, 3.8) is 0 Å². The van der Waals surface area contributed by atoms with Gasteiger partial charge in [-0.25, -0.2) is 8.42 Å². The van der Waals surface area contributed by atoms with Crippen molar-refractivity contribution < 1.29 is 21.6 Å². The van der Waals surface area contributed by atoms with Crippen molar-refractivity contribution in [2.45, 2.75) is 36.4 Å². The Morgan fingerprint density at radius 3 is 2.33 bits per heavy atom. The molecule has 0 bridgehead atoms. The first-order chi connectivity index (χ1) is 9.78. The molecule has 3 nitrogen and oxygen atoms in total. The van der Waals surface area contributed by atoms with Gasteiger partial charge >= 0.3 is 6.18 Å². The molecule has 0 amide bonds. The van der Waals surface area contributed by atoms with Crippen LogP contribution in [-0.2, 0) is 16.2 Å². The molecule has 0 atom stereocenters. The van der Waals surface area contributed by atoms with Gasteiger partial charge in [-0.15, -0.1) is 0 Å². The third-order valence-corrected chi connectivity index (χ3v) is 5.93. The van der Waals surface area contributed by atoms with Gasteiger partial charge in [-0.3, -0.25) is 0 Å². The summed E-state index contributed by atoms with van der Waals surface area (Å²) in [7, 11) is -4.15. The van der Waals surface area contributed by atoms with E-state index in [2.05, 4.69) is 15.9 Å². The zero-order valence-corrected chi connectivity index (χ0v) is 13.5. The maximum absolute atomic E-state index is 13.0. The highest BCUT2D eigenvalue weighted by Crippen LogP contribution is 2.37. The van der Waals surface area contributed by atoms with Crippen LogP contribution < -0.4 is 0 Å². The van der Waals surface area contributed by atoms with Crippen molar-refractivity contribution in [3.05, 3.63) is 29.8 Å². The molecule has 0 spiro atoms. The Hall–Kier alpha value is -0.600. The molecule has 2 rings (SSSR count). The normalized spacial score (nSPS) is 17.0. The van der Waals surface area contributed by atoms with Gasteiger partial charge < -0.3 is 0 Å². The smallest absolute Gasteiger partial charge is 0.207 e. The summed E-state index contributed by atoms with van der Waals surface area (Å²) in [4.78, 5) is -0.662. The van der Waals surface area contributed by atoms with E-state index in [-0.39, 0.29) is 12.6 Å². The lowest BCUT2D eigenvalue weighted by atomic mass is 9.93. The van der Waals surface area contributed by atoms with E-state index < -0.39 is 26.7 Å². The number of hydrogen-bond acceptors (Lipinski definition) is 2. The molecule has 0 radical (unpaired) electrons. The number of sulfonamides is 1. The number of nitrogens with zero attached hydrogens (tertiary/aromatic N) is 1. The molecule has 1 saturated carbocycles. The fourth-order valence-electron chi connectivity index (χ4n) is 2.31. The quantitative estimate of drug-likeness (QED) is 0.725. The van der Waals surface area contributed by atoms with Gasteiger partial charge in [0, 0.05) is 17.9 Å². The van der Waals surface area contributed by atoms with Gasteiger partial charge in [-0.05, 0) is 25.0 Å². The van der Waals surface area contributed by atoms with Crippen molar-refractivity contribution in [2.75, 3.05) is 11.9 Å². The maximum Gasteiger partial charge on any atom is 0.417 e. The van der Waals surface area contributed by atoms with Crippen molar-refractivity contribution in [2.24, 2.45) is 0 Å². The molecule has 0 aromatic heterocycles. The fourth-order valence-corrected chi connectivity index (χ4v) is 4.83. The lowest BCUT2D eigenvalue weighted by Gasteiger charge is -2.36. The molecule has 1 aromatic rings. The van der Waals surface area contributed by atoms with Crippen LogP contribution in [0.4, 0.5) is 13.2 Å². The minimum atomic E-state index is -4.69. The summed E-state index contributed by atoms with van der Waals surface area (Å²) in [6.45, 7) is 0.166. The average molecular weight is 386 g/mol. The van der Waals surface area contributed by atoms with E-state index in [4.69, 9.17) is 0 Å². The first-order valence-electron chi connectivity index (χ1n) is 6.52. The van der Waals surface area contributed by atoms with Crippen molar-refractivity contribution in [1.82, 2.24) is 4.31 Å². The molecule has 0 aliphatic heterocycles. The average Bonchev–Trinajstić information content (AvgIpc) is 2.35. The van der Waals surface area contributed by atoms with E-state index in [1.807, 2.05) is 0 Å². The minimum absolute atomic E-state index is 0.166. The van der Waals surface area contributed by atoms with Crippen LogP contribution in [-0.4, -0.2) is 30.6 Å². The van der Waals surface area contributed by atoms with Gasteiger partial charge in [0.2, 0.25) is 10.0 Å². The number of benzene rings is 1. The van der Waals surface area contributed by atoms with Gasteiger partial charge in [0.1, 0.15) is 0 Å². The van der Waals surface area contributed by atoms with Gasteiger partial charge in [-0.2, -0.15) is 17.5 Å². The van der Waals surface area contributed by atoms with Crippen molar-refractivity contribution in [1.29, 1.82) is 0 Å². The summed E-state index contributed by atoms with van der Waals surface area (Å²) in [6, 6.07) is 4.14. The topological polar surface area (TPSA) is 37.4 Å². The highest BCUT2D eigenvalue weighted by Gasteiger charge is 2.41. The summed E-state index contributed by atoms with van der Waals surface area (Å²) in [5.41, 5.74) is -1.11. The molecule has 1 aliphatic carbocycles. The molecule has 1 aliphatic rings. The van der Waals surface area contributed by atoms with Crippen LogP contribution in [0.3, 0.4) is 0 Å². The van der Waals surface area contributed by atoms with Gasteiger partial charge in [0.15, 0.2) is 0 Å². The van der Waals surface area contributed by atoms with Crippen molar-refractivity contribution >= 4 is 26.0 Å². The molecule has 0 unspecified atom stereocenters. The van der Waals surface area contributed by atoms with Gasteiger partial charge in [0.05, 0.1) is 10.5 Å². The Balaban J connectivity index is 2.47. The standard InChI is InChI=1S/C13H15BrF3NO2S/c14-8-9-18(10-4-3-5-10)21(19,20)12-7-2-1-6-11(12)13(15,16)17/h1-2,6-7,10H,3-5,8-9H2. The maximum atomic E-state index is 13.0. The van der Waals surface area contributed by atoms with Crippen LogP contribution in [0, 0.1) is 0 Å². The number of rotatable bonds is 5. The summed E-state index contributed by atoms with van der Waals surface area (Å²) in [5.74, 6) is 0. The second-order valence-electron chi connectivity index (χ2n) is 4.88. The van der Waals surface area contributed by atoms with E-state index in [9.17, 15) is 21.6 Å². The second-order valence-corrected chi connectivity index (χ2v) is 7.54. The van der Waals surface area contributed by atoms with Gasteiger partial charge in [-0.1, -0.05) is 34.5 Å². The molecule has 1 aromatic carbocycles. The molecule has 0 N–H and O–H groups in total. The van der Waals surface area contributed by atoms with E-state index in [0.29, 0.717) is 18.2 Å². The Morgan fingerprint density at radius 1 is 1.24 bits per heavy atom. The van der Waals surface area contributed by atoms with Crippen LogP contribution >= 0.6 is 15.9 Å². The molecule has 1 fully saturated rings. The highest BCUT2D eigenvalue weighted by atomic mass is 79.9. The summed E-state index contributed by atoms with van der Waals surface area (Å²) >= 11 is 3.17. The lowest BCUT2D eigenvalue weighted by molar-refractivity contribution is -0.139. The Morgan fingerprint density at radius 2 is 1.86 bits per heavy atom. The first-order valence-corrected chi connectivity index (χ1v) is 9.08. The zero-order valence-electron chi connectivity index (χ0n) is 11.1. The van der Waals surface area contributed by atoms with E-state index in [1.165, 1.54) is 16.4 Å². The predicted octanol–water partition coefficient (Wildman–Crippen LogP) is 3.64. The predicted molar refractivity (Wildman–Crippen MR) is 76.8 cm³/mol. The monoisotopic (exact) mass is 385 g/mol. The fraction of sp³-hybridized carbons (Fsp3) is 0.538. The molecule has 21 heavy (non-hydrogen) atoms. The summed E-state index contributed by atoms with van der Waals surface area (Å²) in [5, 5.41) is 0.386. The highest BCUT2D eigenvalue weighted by molar-refractivity contribution is 9.09. The SMILES string of the molecule is O=S(=O)(c1ccccc1C(F)(F)F)N(CCBr)C1CCC1. The Labute approximate surface area is 130 Å². The van der Waals surface area contributed by atoms with Crippen LogP contribution in [0.5, 0.6) is 0 Å². The van der Waals surface area contributed by atoms with E-state index >= 15 is 0 Å². The third-order valence-electron chi connectivity index (χ3n) is 3.57. The summed E-state index contributed by atoms with van der Waals surface area (Å²) in [6.07, 6.45) is -2.40. The Kier molecular flexibility index (Phi) is 4.99. The molecule has 0 heterocycles. The van der Waals surface area contributed by atoms with E-state index in [0.717, 1.165) is 18.6 Å². The number of alkyl halides is 4. The summed E-state index contributed by atoms with van der Waals surface area (Å²) < 4.78 is 65.5. The van der Waals surface area contributed by atoms with Crippen molar-refractivity contribution in [3.8, 4) is 0 Å². The molecular formula is C13H15BrF3NO2S. The Bertz CT molecular complexity index is 600. The molecule has 118 valence electrons.